The molecule has 0 aliphatic heterocycles. The number of nitrogens with one attached hydrogen (secondary N) is 1. The van der Waals surface area contributed by atoms with Crippen LogP contribution in [0.15, 0.2) is 0 Å². The fraction of sp³-hybridized carbons (Fsp3) is 0.944. The van der Waals surface area contributed by atoms with Crippen LogP contribution in [-0.2, 0) is 9.53 Å². The van der Waals surface area contributed by atoms with Gasteiger partial charge >= 0.3 is 0 Å². The molecule has 0 radical (unpaired) electrons. The van der Waals surface area contributed by atoms with Crippen LogP contribution in [0, 0.1) is 17.8 Å². The Kier molecular flexibility index (Phi) is 4.79. The minimum atomic E-state index is -0.0511. The molecule has 1 amide bonds. The lowest BCUT2D eigenvalue weighted by atomic mass is 9.53. The quantitative estimate of drug-likeness (QED) is 0.735. The predicted octanol–water partition coefficient (Wildman–Crippen LogP) is 2.43. The first-order valence-electron chi connectivity index (χ1n) is 9.02. The minimum absolute atomic E-state index is 0.0511. The number of amides is 1. The molecule has 1 atom stereocenters. The highest BCUT2D eigenvalue weighted by atomic mass is 16.5. The van der Waals surface area contributed by atoms with Crippen molar-refractivity contribution in [2.45, 2.75) is 63.5 Å². The van der Waals surface area contributed by atoms with Crippen LogP contribution in [0.4, 0.5) is 0 Å². The van der Waals surface area contributed by atoms with Gasteiger partial charge in [0.05, 0.1) is 6.04 Å². The second-order valence-electron chi connectivity index (χ2n) is 8.19. The molecule has 1 N–H and O–H groups in total. The summed E-state index contributed by atoms with van der Waals surface area (Å²) in [6.07, 6.45) is 8.91. The van der Waals surface area contributed by atoms with Crippen molar-refractivity contribution >= 4 is 5.91 Å². The Labute approximate surface area is 135 Å². The first-order valence-corrected chi connectivity index (χ1v) is 9.02. The van der Waals surface area contributed by atoms with Crippen molar-refractivity contribution in [3.63, 3.8) is 0 Å². The van der Waals surface area contributed by atoms with E-state index < -0.39 is 0 Å². The summed E-state index contributed by atoms with van der Waals surface area (Å²) < 4.78 is 5.10. The van der Waals surface area contributed by atoms with E-state index in [4.69, 9.17) is 4.74 Å². The lowest BCUT2D eigenvalue weighted by Gasteiger charge is -2.57. The third-order valence-corrected chi connectivity index (χ3v) is 6.33. The normalized spacial score (nSPS) is 37.5. The molecular weight excluding hydrogens is 276 g/mol. The second-order valence-corrected chi connectivity index (χ2v) is 8.19. The average molecular weight is 308 g/mol. The van der Waals surface area contributed by atoms with Crippen molar-refractivity contribution in [2.24, 2.45) is 17.8 Å². The summed E-state index contributed by atoms with van der Waals surface area (Å²) in [6, 6.07) is -0.0511. The van der Waals surface area contributed by atoms with Gasteiger partial charge in [-0.2, -0.15) is 0 Å². The van der Waals surface area contributed by atoms with Gasteiger partial charge in [0.25, 0.3) is 0 Å². The summed E-state index contributed by atoms with van der Waals surface area (Å²) in [5.74, 6) is 2.85. The topological polar surface area (TPSA) is 41.6 Å². The Morgan fingerprint density at radius 3 is 2.27 bits per heavy atom. The molecule has 0 saturated heterocycles. The maximum atomic E-state index is 12.7. The van der Waals surface area contributed by atoms with Gasteiger partial charge < -0.3 is 10.1 Å². The molecule has 4 rings (SSSR count). The fourth-order valence-corrected chi connectivity index (χ4v) is 5.48. The van der Waals surface area contributed by atoms with Gasteiger partial charge in [-0.25, -0.2) is 0 Å². The van der Waals surface area contributed by atoms with Crippen LogP contribution < -0.4 is 5.32 Å². The molecule has 0 aromatic carbocycles. The van der Waals surface area contributed by atoms with Crippen molar-refractivity contribution in [3.05, 3.63) is 0 Å². The van der Waals surface area contributed by atoms with E-state index in [1.54, 1.807) is 7.11 Å². The maximum absolute atomic E-state index is 12.7. The Bertz CT molecular complexity index is 375. The third kappa shape index (κ3) is 3.33. The van der Waals surface area contributed by atoms with Crippen LogP contribution in [-0.4, -0.2) is 49.7 Å². The molecule has 4 aliphatic rings. The minimum Gasteiger partial charge on any atom is -0.385 e. The molecule has 4 aliphatic carbocycles. The number of nitrogens with zero attached hydrogens (tertiary/aromatic N) is 1. The Morgan fingerprint density at radius 2 is 1.77 bits per heavy atom. The first kappa shape index (κ1) is 16.3. The number of ether oxygens (including phenoxy) is 1. The van der Waals surface area contributed by atoms with Crippen molar-refractivity contribution in [3.8, 4) is 0 Å². The van der Waals surface area contributed by atoms with E-state index in [0.29, 0.717) is 0 Å². The van der Waals surface area contributed by atoms with Gasteiger partial charge in [-0.05, 0) is 76.7 Å². The molecular formula is C18H32N2O2. The number of methoxy groups -OCH3 is 1. The summed E-state index contributed by atoms with van der Waals surface area (Å²) >= 11 is 0. The van der Waals surface area contributed by atoms with Crippen molar-refractivity contribution in [2.75, 3.05) is 27.3 Å². The van der Waals surface area contributed by atoms with Gasteiger partial charge in [0.1, 0.15) is 0 Å². The highest BCUT2D eigenvalue weighted by molar-refractivity contribution is 5.82. The number of hydrogen-bond acceptors (Lipinski definition) is 3. The third-order valence-electron chi connectivity index (χ3n) is 6.33. The van der Waals surface area contributed by atoms with E-state index in [9.17, 15) is 4.79 Å². The van der Waals surface area contributed by atoms with Crippen LogP contribution in [0.2, 0.25) is 0 Å². The van der Waals surface area contributed by atoms with Gasteiger partial charge in [0.15, 0.2) is 0 Å². The average Bonchev–Trinajstić information content (AvgIpc) is 2.44. The molecule has 0 spiro atoms. The zero-order valence-corrected chi connectivity index (χ0v) is 14.4. The van der Waals surface area contributed by atoms with Crippen LogP contribution in [0.3, 0.4) is 0 Å². The first-order chi connectivity index (χ1) is 10.5. The van der Waals surface area contributed by atoms with Gasteiger partial charge in [-0.15, -0.1) is 0 Å². The van der Waals surface area contributed by atoms with Crippen LogP contribution in [0.1, 0.15) is 51.9 Å². The highest BCUT2D eigenvalue weighted by Crippen LogP contribution is 2.55. The van der Waals surface area contributed by atoms with Gasteiger partial charge in [0, 0.05) is 25.8 Å². The molecule has 22 heavy (non-hydrogen) atoms. The summed E-state index contributed by atoms with van der Waals surface area (Å²) in [5.41, 5.74) is 0.132. The fourth-order valence-electron chi connectivity index (χ4n) is 5.48. The van der Waals surface area contributed by atoms with Gasteiger partial charge in [0.2, 0.25) is 5.91 Å². The van der Waals surface area contributed by atoms with Crippen molar-refractivity contribution in [1.82, 2.24) is 10.2 Å². The lowest BCUT2D eigenvalue weighted by molar-refractivity contribution is -0.131. The van der Waals surface area contributed by atoms with E-state index in [1.165, 1.54) is 38.5 Å². The number of rotatable bonds is 7. The molecule has 126 valence electrons. The molecule has 4 nitrogen and oxygen atoms in total. The van der Waals surface area contributed by atoms with Crippen molar-refractivity contribution in [1.29, 1.82) is 0 Å². The molecule has 0 aromatic rings. The molecule has 4 bridgehead atoms. The summed E-state index contributed by atoms with van der Waals surface area (Å²) in [4.78, 5) is 14.9. The largest absolute Gasteiger partial charge is 0.385 e. The summed E-state index contributed by atoms with van der Waals surface area (Å²) in [7, 11) is 3.77. The van der Waals surface area contributed by atoms with E-state index in [2.05, 4.69) is 10.2 Å². The lowest BCUT2D eigenvalue weighted by Crippen LogP contribution is -2.62. The standard InChI is InChI=1S/C18H32N2O2/c1-13(20(2)5-4-6-22-3)17(21)19-18-10-14-7-15(11-18)9-16(8-14)12-18/h13-16H,4-12H2,1-3H3,(H,19,21). The smallest absolute Gasteiger partial charge is 0.237 e. The van der Waals surface area contributed by atoms with Crippen molar-refractivity contribution < 1.29 is 9.53 Å². The Morgan fingerprint density at radius 1 is 1.23 bits per heavy atom. The Balaban J connectivity index is 1.55. The number of likely N-dealkylation sites (N-methyl/N-ethyl adjacent to an activating group) is 1. The molecule has 0 aromatic heterocycles. The molecule has 0 heterocycles. The van der Waals surface area contributed by atoms with Gasteiger partial charge in [-0.3, -0.25) is 9.69 Å². The molecule has 1 unspecified atom stereocenters. The van der Waals surface area contributed by atoms with E-state index in [-0.39, 0.29) is 17.5 Å². The highest BCUT2D eigenvalue weighted by Gasteiger charge is 2.51. The molecule has 4 saturated carbocycles. The maximum Gasteiger partial charge on any atom is 0.237 e. The summed E-state index contributed by atoms with van der Waals surface area (Å²) in [6.45, 7) is 3.69. The van der Waals surface area contributed by atoms with E-state index >= 15 is 0 Å². The molecule has 4 fully saturated rings. The monoisotopic (exact) mass is 308 g/mol. The number of carbonyl (C=O) groups excluding carboxylic acids is 1. The van der Waals surface area contributed by atoms with Gasteiger partial charge in [-0.1, -0.05) is 0 Å². The Hall–Kier alpha value is -0.610. The number of hydrogen-bond donors (Lipinski definition) is 1. The zero-order chi connectivity index (χ0) is 15.7. The van der Waals surface area contributed by atoms with E-state index in [1.807, 2.05) is 14.0 Å². The van der Waals surface area contributed by atoms with Crippen LogP contribution in [0.5, 0.6) is 0 Å². The zero-order valence-electron chi connectivity index (χ0n) is 14.4. The SMILES string of the molecule is COCCCN(C)C(C)C(=O)NC12CC3CC(CC(C3)C1)C2. The van der Waals surface area contributed by atoms with Crippen LogP contribution in [0.25, 0.3) is 0 Å². The van der Waals surface area contributed by atoms with Crippen LogP contribution >= 0.6 is 0 Å². The summed E-state index contributed by atoms with van der Waals surface area (Å²) in [5, 5.41) is 3.48. The molecule has 4 heteroatoms. The predicted molar refractivity (Wildman–Crippen MR) is 87.6 cm³/mol. The van der Waals surface area contributed by atoms with E-state index in [0.717, 1.165) is 37.3 Å². The number of carbonyl (C=O) groups is 1. The second kappa shape index (κ2) is 6.48.